The molecule has 1 aromatic carbocycles. The molecular formula is C15H18N2O5S. The minimum absolute atomic E-state index is 0.127. The van der Waals surface area contributed by atoms with Crippen molar-refractivity contribution in [1.29, 1.82) is 0 Å². The molecule has 0 spiro atoms. The molecule has 3 rings (SSSR count). The average Bonchev–Trinajstić information content (AvgIpc) is 2.81. The van der Waals surface area contributed by atoms with Crippen LogP contribution in [0.3, 0.4) is 0 Å². The summed E-state index contributed by atoms with van der Waals surface area (Å²) in [5.41, 5.74) is 0.871. The molecule has 1 aliphatic carbocycles. The Labute approximate surface area is 134 Å². The Morgan fingerprint density at radius 2 is 2.00 bits per heavy atom. The number of carbonyl (C=O) groups excluding carboxylic acids is 1. The summed E-state index contributed by atoms with van der Waals surface area (Å²) in [4.78, 5) is 23.0. The molecule has 1 heterocycles. The summed E-state index contributed by atoms with van der Waals surface area (Å²) < 4.78 is 25.2. The van der Waals surface area contributed by atoms with Crippen molar-refractivity contribution < 1.29 is 23.1 Å². The van der Waals surface area contributed by atoms with Gasteiger partial charge in [-0.1, -0.05) is 6.07 Å². The monoisotopic (exact) mass is 338 g/mol. The summed E-state index contributed by atoms with van der Waals surface area (Å²) in [6.45, 7) is 0.427. The van der Waals surface area contributed by atoms with Crippen molar-refractivity contribution in [2.45, 2.75) is 25.3 Å². The maximum atomic E-state index is 12.2. The van der Waals surface area contributed by atoms with E-state index in [9.17, 15) is 18.0 Å². The zero-order valence-electron chi connectivity index (χ0n) is 12.4. The molecule has 0 radical (unpaired) electrons. The van der Waals surface area contributed by atoms with Gasteiger partial charge in [-0.3, -0.25) is 13.9 Å². The van der Waals surface area contributed by atoms with Crippen LogP contribution in [-0.4, -0.2) is 43.7 Å². The number of rotatable bonds is 4. The molecule has 8 heteroatoms. The lowest BCUT2D eigenvalue weighted by Gasteiger charge is -2.32. The molecule has 2 fully saturated rings. The fourth-order valence-corrected chi connectivity index (χ4v) is 4.49. The second kappa shape index (κ2) is 5.84. The second-order valence-electron chi connectivity index (χ2n) is 5.97. The van der Waals surface area contributed by atoms with Gasteiger partial charge in [-0.25, -0.2) is 8.42 Å². The maximum Gasteiger partial charge on any atom is 0.306 e. The first-order chi connectivity index (χ1) is 10.9. The predicted molar refractivity (Wildman–Crippen MR) is 83.8 cm³/mol. The second-order valence-corrected chi connectivity index (χ2v) is 7.98. The van der Waals surface area contributed by atoms with Gasteiger partial charge in [0.2, 0.25) is 10.0 Å². The van der Waals surface area contributed by atoms with E-state index in [-0.39, 0.29) is 23.6 Å². The molecular weight excluding hydrogens is 320 g/mol. The van der Waals surface area contributed by atoms with Crippen molar-refractivity contribution in [3.05, 3.63) is 29.8 Å². The molecule has 1 saturated heterocycles. The van der Waals surface area contributed by atoms with Crippen molar-refractivity contribution >= 4 is 27.6 Å². The number of hydrogen-bond acceptors (Lipinski definition) is 4. The van der Waals surface area contributed by atoms with Crippen LogP contribution in [0.5, 0.6) is 0 Å². The topological polar surface area (TPSA) is 104 Å². The van der Waals surface area contributed by atoms with Gasteiger partial charge >= 0.3 is 5.97 Å². The molecule has 0 bridgehead atoms. The standard InChI is InChI=1S/C15H18N2O5S/c18-14(16-12-7-11(8-12)15(19)20)10-3-1-4-13(9-10)17-5-2-6-23(17,21)22/h1,3-4,9,11-12H,2,5-8H2,(H,16,18)(H,19,20). The van der Waals surface area contributed by atoms with Crippen LogP contribution in [0.4, 0.5) is 5.69 Å². The predicted octanol–water partition coefficient (Wildman–Crippen LogP) is 0.819. The lowest BCUT2D eigenvalue weighted by molar-refractivity contribution is -0.145. The molecule has 2 N–H and O–H groups in total. The van der Waals surface area contributed by atoms with Gasteiger partial charge in [0.15, 0.2) is 0 Å². The molecule has 1 aromatic rings. The summed E-state index contributed by atoms with van der Waals surface area (Å²) in [6.07, 6.45) is 1.44. The van der Waals surface area contributed by atoms with E-state index in [1.807, 2.05) is 0 Å². The smallest absolute Gasteiger partial charge is 0.306 e. The van der Waals surface area contributed by atoms with Crippen LogP contribution in [0.25, 0.3) is 0 Å². The number of carboxylic acid groups (broad SMARTS) is 1. The van der Waals surface area contributed by atoms with Crippen LogP contribution < -0.4 is 9.62 Å². The van der Waals surface area contributed by atoms with Crippen LogP contribution in [-0.2, 0) is 14.8 Å². The first-order valence-electron chi connectivity index (χ1n) is 7.51. The summed E-state index contributed by atoms with van der Waals surface area (Å²) in [6, 6.07) is 6.37. The van der Waals surface area contributed by atoms with Gasteiger partial charge < -0.3 is 10.4 Å². The molecule has 1 aliphatic heterocycles. The molecule has 0 unspecified atom stereocenters. The van der Waals surface area contributed by atoms with E-state index >= 15 is 0 Å². The third kappa shape index (κ3) is 3.17. The van der Waals surface area contributed by atoms with Crippen LogP contribution >= 0.6 is 0 Å². The van der Waals surface area contributed by atoms with Crippen LogP contribution in [0, 0.1) is 5.92 Å². The number of carboxylic acids is 1. The van der Waals surface area contributed by atoms with Gasteiger partial charge in [-0.15, -0.1) is 0 Å². The van der Waals surface area contributed by atoms with Crippen molar-refractivity contribution in [2.24, 2.45) is 5.92 Å². The number of hydrogen-bond donors (Lipinski definition) is 2. The lowest BCUT2D eigenvalue weighted by Crippen LogP contribution is -2.46. The van der Waals surface area contributed by atoms with E-state index in [1.54, 1.807) is 24.3 Å². The normalized spacial score (nSPS) is 25.7. The van der Waals surface area contributed by atoms with Crippen LogP contribution in [0.15, 0.2) is 24.3 Å². The highest BCUT2D eigenvalue weighted by molar-refractivity contribution is 7.93. The highest BCUT2D eigenvalue weighted by Gasteiger charge is 2.35. The Kier molecular flexibility index (Phi) is 4.01. The number of anilines is 1. The first-order valence-corrected chi connectivity index (χ1v) is 9.12. The Morgan fingerprint density at radius 3 is 2.61 bits per heavy atom. The van der Waals surface area contributed by atoms with E-state index in [2.05, 4.69) is 5.32 Å². The van der Waals surface area contributed by atoms with Gasteiger partial charge in [0.25, 0.3) is 5.91 Å². The summed E-state index contributed by atoms with van der Waals surface area (Å²) >= 11 is 0. The zero-order chi connectivity index (χ0) is 16.6. The fourth-order valence-electron chi connectivity index (χ4n) is 2.94. The van der Waals surface area contributed by atoms with E-state index in [0.717, 1.165) is 0 Å². The van der Waals surface area contributed by atoms with Crippen molar-refractivity contribution in [2.75, 3.05) is 16.6 Å². The van der Waals surface area contributed by atoms with Crippen molar-refractivity contribution in [3.8, 4) is 0 Å². The first kappa shape index (κ1) is 15.8. The molecule has 1 amide bonds. The van der Waals surface area contributed by atoms with Crippen molar-refractivity contribution in [3.63, 3.8) is 0 Å². The average molecular weight is 338 g/mol. The minimum Gasteiger partial charge on any atom is -0.481 e. The highest BCUT2D eigenvalue weighted by Crippen LogP contribution is 2.28. The van der Waals surface area contributed by atoms with Gasteiger partial charge in [0.1, 0.15) is 0 Å². The Hall–Kier alpha value is -2.09. The third-order valence-corrected chi connectivity index (χ3v) is 6.19. The van der Waals surface area contributed by atoms with E-state index in [4.69, 9.17) is 5.11 Å². The molecule has 7 nitrogen and oxygen atoms in total. The number of amides is 1. The molecule has 1 saturated carbocycles. The van der Waals surface area contributed by atoms with Gasteiger partial charge in [-0.05, 0) is 37.5 Å². The van der Waals surface area contributed by atoms with Crippen LogP contribution in [0.2, 0.25) is 0 Å². The van der Waals surface area contributed by atoms with E-state index in [1.165, 1.54) is 4.31 Å². The lowest BCUT2D eigenvalue weighted by atomic mass is 9.80. The van der Waals surface area contributed by atoms with Gasteiger partial charge in [0, 0.05) is 18.2 Å². The van der Waals surface area contributed by atoms with E-state index < -0.39 is 16.0 Å². The summed E-state index contributed by atoms with van der Waals surface area (Å²) in [5, 5.41) is 11.6. The Bertz CT molecular complexity index is 740. The quantitative estimate of drug-likeness (QED) is 0.846. The number of nitrogens with zero attached hydrogens (tertiary/aromatic N) is 1. The number of sulfonamides is 1. The highest BCUT2D eigenvalue weighted by atomic mass is 32.2. The molecule has 23 heavy (non-hydrogen) atoms. The fraction of sp³-hybridized carbons (Fsp3) is 0.467. The zero-order valence-corrected chi connectivity index (χ0v) is 13.3. The van der Waals surface area contributed by atoms with Gasteiger partial charge in [0.05, 0.1) is 17.4 Å². The van der Waals surface area contributed by atoms with Crippen LogP contribution in [0.1, 0.15) is 29.6 Å². The number of aliphatic carboxylic acids is 1. The maximum absolute atomic E-state index is 12.2. The Balaban J connectivity index is 1.68. The Morgan fingerprint density at radius 1 is 1.26 bits per heavy atom. The largest absolute Gasteiger partial charge is 0.481 e. The minimum atomic E-state index is -3.28. The number of benzene rings is 1. The summed E-state index contributed by atoms with van der Waals surface area (Å²) in [5.74, 6) is -1.40. The molecule has 2 aliphatic rings. The third-order valence-electron chi connectivity index (χ3n) is 4.32. The number of carbonyl (C=O) groups is 2. The molecule has 0 atom stereocenters. The van der Waals surface area contributed by atoms with E-state index in [0.29, 0.717) is 37.1 Å². The SMILES string of the molecule is O=C(NC1CC(C(=O)O)C1)c1cccc(N2CCCS2(=O)=O)c1. The molecule has 124 valence electrons. The van der Waals surface area contributed by atoms with Crippen molar-refractivity contribution in [1.82, 2.24) is 5.32 Å². The van der Waals surface area contributed by atoms with Gasteiger partial charge in [-0.2, -0.15) is 0 Å². The molecule has 0 aromatic heterocycles. The summed E-state index contributed by atoms with van der Waals surface area (Å²) in [7, 11) is -3.28. The number of nitrogens with one attached hydrogen (secondary N) is 1.